The molecule has 0 amide bonds. The summed E-state index contributed by atoms with van der Waals surface area (Å²) in [5, 5.41) is 0. The minimum absolute atomic E-state index is 0.0927. The number of hydrogen-bond acceptors (Lipinski definition) is 6. The van der Waals surface area contributed by atoms with Crippen molar-refractivity contribution in [2.24, 2.45) is 0 Å². The monoisotopic (exact) mass is 1050 g/mol. The van der Waals surface area contributed by atoms with Crippen LogP contribution in [-0.4, -0.2) is 37.2 Å². The molecular formula is C69H122O6. The predicted molar refractivity (Wildman–Crippen MR) is 325 cm³/mol. The summed E-state index contributed by atoms with van der Waals surface area (Å²) in [6, 6.07) is 0. The van der Waals surface area contributed by atoms with Gasteiger partial charge in [-0.15, -0.1) is 0 Å². The van der Waals surface area contributed by atoms with Crippen molar-refractivity contribution in [2.45, 2.75) is 335 Å². The second kappa shape index (κ2) is 63.4. The van der Waals surface area contributed by atoms with Crippen LogP contribution in [0.4, 0.5) is 0 Å². The Hall–Kier alpha value is -3.15. The van der Waals surface area contributed by atoms with Crippen LogP contribution in [0, 0.1) is 0 Å². The summed E-state index contributed by atoms with van der Waals surface area (Å²) in [7, 11) is 0. The minimum atomic E-state index is -0.800. The third kappa shape index (κ3) is 61.6. The fraction of sp³-hybridized carbons (Fsp3) is 0.783. The molecule has 0 fully saturated rings. The van der Waals surface area contributed by atoms with Gasteiger partial charge in [0, 0.05) is 19.3 Å². The fourth-order valence-electron chi connectivity index (χ4n) is 9.31. The molecule has 6 nitrogen and oxygen atoms in total. The van der Waals surface area contributed by atoms with Gasteiger partial charge in [0.2, 0.25) is 0 Å². The number of ether oxygens (including phenoxy) is 3. The second-order valence-electron chi connectivity index (χ2n) is 21.6. The van der Waals surface area contributed by atoms with Crippen LogP contribution < -0.4 is 0 Å². The molecule has 0 aromatic heterocycles. The molecular weight excluding hydrogens is 925 g/mol. The molecule has 0 aliphatic heterocycles. The van der Waals surface area contributed by atoms with Crippen molar-refractivity contribution < 1.29 is 28.6 Å². The van der Waals surface area contributed by atoms with E-state index in [-0.39, 0.29) is 37.5 Å². The average molecular weight is 1050 g/mol. The van der Waals surface area contributed by atoms with Gasteiger partial charge in [-0.3, -0.25) is 14.4 Å². The topological polar surface area (TPSA) is 78.9 Å². The van der Waals surface area contributed by atoms with Gasteiger partial charge in [0.25, 0.3) is 0 Å². The predicted octanol–water partition coefficient (Wildman–Crippen LogP) is 22.1. The van der Waals surface area contributed by atoms with Crippen molar-refractivity contribution in [3.8, 4) is 0 Å². The van der Waals surface area contributed by atoms with Gasteiger partial charge in [0.05, 0.1) is 0 Å². The highest BCUT2D eigenvalue weighted by Gasteiger charge is 2.19. The van der Waals surface area contributed by atoms with E-state index in [9.17, 15) is 14.4 Å². The van der Waals surface area contributed by atoms with Gasteiger partial charge in [-0.2, -0.15) is 0 Å². The van der Waals surface area contributed by atoms with Crippen LogP contribution >= 0.6 is 0 Å². The average Bonchev–Trinajstić information content (AvgIpc) is 3.41. The third-order valence-corrected chi connectivity index (χ3v) is 14.2. The first-order valence-corrected chi connectivity index (χ1v) is 32.4. The molecule has 0 heterocycles. The lowest BCUT2D eigenvalue weighted by molar-refractivity contribution is -0.167. The van der Waals surface area contributed by atoms with E-state index in [4.69, 9.17) is 14.2 Å². The van der Waals surface area contributed by atoms with E-state index in [0.717, 1.165) is 83.5 Å². The van der Waals surface area contributed by atoms with E-state index in [1.54, 1.807) is 0 Å². The lowest BCUT2D eigenvalue weighted by atomic mass is 10.0. The largest absolute Gasteiger partial charge is 0.462 e. The maximum Gasteiger partial charge on any atom is 0.306 e. The van der Waals surface area contributed by atoms with Crippen LogP contribution in [0.25, 0.3) is 0 Å². The van der Waals surface area contributed by atoms with Crippen LogP contribution in [0.2, 0.25) is 0 Å². The first-order chi connectivity index (χ1) is 37.0. The van der Waals surface area contributed by atoms with Crippen molar-refractivity contribution in [1.82, 2.24) is 0 Å². The van der Waals surface area contributed by atoms with Crippen LogP contribution in [0.15, 0.2) is 72.9 Å². The van der Waals surface area contributed by atoms with Gasteiger partial charge in [-0.1, -0.05) is 273 Å². The number of carbonyl (C=O) groups is 3. The molecule has 75 heavy (non-hydrogen) atoms. The quantitative estimate of drug-likeness (QED) is 0.0261. The van der Waals surface area contributed by atoms with E-state index >= 15 is 0 Å². The SMILES string of the molecule is CC/C=C\C/C=C\C/C=C\C/C=C\CCCCC(=O)OC(COC(=O)CCCCCCC/C=C\CCCCCCCC)COC(=O)CCCCCCCCCCCCCCCCC/C=C\CCCCCCCCCC. The number of rotatable bonds is 59. The number of esters is 3. The molecule has 0 radical (unpaired) electrons. The molecule has 0 aromatic carbocycles. The van der Waals surface area contributed by atoms with Gasteiger partial charge < -0.3 is 14.2 Å². The lowest BCUT2D eigenvalue weighted by Gasteiger charge is -2.18. The smallest absolute Gasteiger partial charge is 0.306 e. The van der Waals surface area contributed by atoms with Crippen molar-refractivity contribution in [3.63, 3.8) is 0 Å². The molecule has 0 aromatic rings. The van der Waals surface area contributed by atoms with Crippen LogP contribution in [0.3, 0.4) is 0 Å². The number of allylic oxidation sites excluding steroid dienone is 12. The summed E-state index contributed by atoms with van der Waals surface area (Å²) in [4.78, 5) is 38.3. The minimum Gasteiger partial charge on any atom is -0.462 e. The Kier molecular flexibility index (Phi) is 60.7. The summed E-state index contributed by atoms with van der Waals surface area (Å²) < 4.78 is 16.9. The van der Waals surface area contributed by atoms with E-state index in [1.165, 1.54) is 199 Å². The molecule has 434 valence electrons. The Morgan fingerprint density at radius 3 is 0.853 bits per heavy atom. The Morgan fingerprint density at radius 1 is 0.280 bits per heavy atom. The molecule has 6 heteroatoms. The lowest BCUT2D eigenvalue weighted by Crippen LogP contribution is -2.30. The summed E-state index contributed by atoms with van der Waals surface area (Å²) in [5.41, 5.74) is 0. The number of unbranched alkanes of at least 4 members (excludes halogenated alkanes) is 36. The van der Waals surface area contributed by atoms with Crippen molar-refractivity contribution in [1.29, 1.82) is 0 Å². The first kappa shape index (κ1) is 71.8. The summed E-state index contributed by atoms with van der Waals surface area (Å²) in [5.74, 6) is -0.930. The van der Waals surface area contributed by atoms with Crippen molar-refractivity contribution in [2.75, 3.05) is 13.2 Å². The van der Waals surface area contributed by atoms with Crippen LogP contribution in [0.5, 0.6) is 0 Å². The highest BCUT2D eigenvalue weighted by atomic mass is 16.6. The maximum absolute atomic E-state index is 12.9. The van der Waals surface area contributed by atoms with E-state index in [1.807, 2.05) is 0 Å². The van der Waals surface area contributed by atoms with Gasteiger partial charge in [0.1, 0.15) is 13.2 Å². The molecule has 0 rings (SSSR count). The zero-order chi connectivity index (χ0) is 54.3. The van der Waals surface area contributed by atoms with E-state index in [2.05, 4.69) is 93.7 Å². The van der Waals surface area contributed by atoms with Crippen molar-refractivity contribution >= 4 is 17.9 Å². The zero-order valence-electron chi connectivity index (χ0n) is 49.8. The van der Waals surface area contributed by atoms with E-state index in [0.29, 0.717) is 19.3 Å². The molecule has 0 aliphatic rings. The van der Waals surface area contributed by atoms with Crippen LogP contribution in [0.1, 0.15) is 329 Å². The second-order valence-corrected chi connectivity index (χ2v) is 21.6. The van der Waals surface area contributed by atoms with E-state index < -0.39 is 6.10 Å². The van der Waals surface area contributed by atoms with Crippen LogP contribution in [-0.2, 0) is 28.6 Å². The third-order valence-electron chi connectivity index (χ3n) is 14.2. The maximum atomic E-state index is 12.9. The normalized spacial score (nSPS) is 12.5. The molecule has 0 saturated carbocycles. The summed E-state index contributed by atoms with van der Waals surface area (Å²) in [6.07, 6.45) is 82.1. The zero-order valence-corrected chi connectivity index (χ0v) is 49.8. The molecule has 0 bridgehead atoms. The molecule has 0 aliphatic carbocycles. The molecule has 1 unspecified atom stereocenters. The highest BCUT2D eigenvalue weighted by Crippen LogP contribution is 2.17. The Morgan fingerprint density at radius 2 is 0.520 bits per heavy atom. The Balaban J connectivity index is 4.28. The summed E-state index contributed by atoms with van der Waals surface area (Å²) in [6.45, 7) is 6.51. The fourth-order valence-corrected chi connectivity index (χ4v) is 9.31. The number of hydrogen-bond donors (Lipinski definition) is 0. The van der Waals surface area contributed by atoms with Gasteiger partial charge in [-0.25, -0.2) is 0 Å². The number of carbonyl (C=O) groups excluding carboxylic acids is 3. The van der Waals surface area contributed by atoms with Crippen molar-refractivity contribution in [3.05, 3.63) is 72.9 Å². The molecule has 0 N–H and O–H groups in total. The van der Waals surface area contributed by atoms with Gasteiger partial charge in [0.15, 0.2) is 6.10 Å². The van der Waals surface area contributed by atoms with Gasteiger partial charge in [-0.05, 0) is 109 Å². The molecule has 0 spiro atoms. The Labute approximate surface area is 465 Å². The summed E-state index contributed by atoms with van der Waals surface area (Å²) >= 11 is 0. The highest BCUT2D eigenvalue weighted by molar-refractivity contribution is 5.71. The Bertz CT molecular complexity index is 1390. The first-order valence-electron chi connectivity index (χ1n) is 32.4. The molecule has 0 saturated heterocycles. The molecule has 1 atom stereocenters. The van der Waals surface area contributed by atoms with Gasteiger partial charge >= 0.3 is 17.9 Å². The standard InChI is InChI=1S/C69H122O6/c1-4-7-10-13-16-19-22-25-28-29-30-31-32-33-34-35-36-37-38-39-42-44-47-50-53-56-59-62-68(71)74-65-66(75-69(72)63-60-57-54-51-48-45-41-27-24-21-18-15-12-9-6-3)64-73-67(70)61-58-55-52-49-46-43-40-26-23-20-17-14-11-8-5-2/h9,12,18,21,26-27,29-30,40-41,48,51,66H,4-8,10-11,13-17,19-20,22-25,28,31-39,42-47,49-50,52-65H2,1-3H3/b12-9-,21-18-,30-29-,40-26-,41-27-,51-48-.